The maximum atomic E-state index is 12.5. The van der Waals surface area contributed by atoms with Crippen LogP contribution in [0.3, 0.4) is 0 Å². The fraction of sp³-hybridized carbons (Fsp3) is 0.118. The minimum absolute atomic E-state index is 0.0151. The first-order chi connectivity index (χ1) is 12.0. The molecule has 128 valence electrons. The molecule has 0 aliphatic carbocycles. The van der Waals surface area contributed by atoms with Gasteiger partial charge in [-0.25, -0.2) is 4.68 Å². The third-order valence-electron chi connectivity index (χ3n) is 3.51. The molecule has 1 aromatic heterocycles. The second-order valence-corrected chi connectivity index (χ2v) is 5.18. The highest BCUT2D eigenvalue weighted by atomic mass is 19.3. The molecule has 6 nitrogen and oxygen atoms in total. The Hall–Kier alpha value is -3.29. The Balaban J connectivity index is 1.90. The highest BCUT2D eigenvalue weighted by molar-refractivity contribution is 6.11. The fourth-order valence-corrected chi connectivity index (χ4v) is 2.38. The van der Waals surface area contributed by atoms with Gasteiger partial charge in [0, 0.05) is 18.1 Å². The Morgan fingerprint density at radius 3 is 2.40 bits per heavy atom. The van der Waals surface area contributed by atoms with Gasteiger partial charge in [-0.05, 0) is 30.3 Å². The largest absolute Gasteiger partial charge is 0.435 e. The number of benzene rings is 2. The van der Waals surface area contributed by atoms with Crippen LogP contribution in [0, 0.1) is 0 Å². The normalized spacial score (nSPS) is 10.9. The van der Waals surface area contributed by atoms with Crippen molar-refractivity contribution in [2.24, 2.45) is 7.05 Å². The van der Waals surface area contributed by atoms with E-state index in [9.17, 15) is 18.4 Å². The number of aryl methyl sites for hydroxylation is 1. The number of nitrogens with zero attached hydrogens (tertiary/aromatic N) is 2. The number of amides is 1. The number of hydrogen-bond acceptors (Lipinski definition) is 4. The van der Waals surface area contributed by atoms with Gasteiger partial charge in [0.1, 0.15) is 5.75 Å². The Morgan fingerprint density at radius 1 is 1.12 bits per heavy atom. The first-order valence-electron chi connectivity index (χ1n) is 7.28. The monoisotopic (exact) mass is 345 g/mol. The van der Waals surface area contributed by atoms with Crippen molar-refractivity contribution in [3.63, 3.8) is 0 Å². The van der Waals surface area contributed by atoms with Crippen LogP contribution in [0.1, 0.15) is 10.5 Å². The molecule has 8 heteroatoms. The minimum Gasteiger partial charge on any atom is -0.435 e. The van der Waals surface area contributed by atoms with Crippen molar-refractivity contribution < 1.29 is 18.3 Å². The van der Waals surface area contributed by atoms with Gasteiger partial charge in [0.05, 0.1) is 5.39 Å². The average molecular weight is 345 g/mol. The average Bonchev–Trinajstić information content (AvgIpc) is 2.59. The maximum Gasteiger partial charge on any atom is 0.387 e. The van der Waals surface area contributed by atoms with Gasteiger partial charge in [-0.3, -0.25) is 9.59 Å². The number of rotatable bonds is 4. The Morgan fingerprint density at radius 2 is 1.76 bits per heavy atom. The van der Waals surface area contributed by atoms with Crippen LogP contribution in [-0.2, 0) is 7.05 Å². The lowest BCUT2D eigenvalue weighted by atomic mass is 10.1. The smallest absolute Gasteiger partial charge is 0.387 e. The van der Waals surface area contributed by atoms with E-state index in [4.69, 9.17) is 0 Å². The van der Waals surface area contributed by atoms with Crippen molar-refractivity contribution in [3.05, 3.63) is 64.6 Å². The number of nitrogens with one attached hydrogen (secondary N) is 1. The van der Waals surface area contributed by atoms with Gasteiger partial charge in [0.25, 0.3) is 11.5 Å². The summed E-state index contributed by atoms with van der Waals surface area (Å²) in [6, 6.07) is 12.1. The van der Waals surface area contributed by atoms with Crippen LogP contribution in [-0.4, -0.2) is 22.3 Å². The summed E-state index contributed by atoms with van der Waals surface area (Å²) in [4.78, 5) is 24.6. The van der Waals surface area contributed by atoms with E-state index in [1.54, 1.807) is 24.3 Å². The third kappa shape index (κ3) is 3.47. The molecule has 0 unspecified atom stereocenters. The molecule has 0 aliphatic rings. The molecule has 1 N–H and O–H groups in total. The number of anilines is 1. The first-order valence-corrected chi connectivity index (χ1v) is 7.28. The van der Waals surface area contributed by atoms with E-state index in [-0.39, 0.29) is 17.0 Å². The van der Waals surface area contributed by atoms with Crippen LogP contribution in [0.2, 0.25) is 0 Å². The van der Waals surface area contributed by atoms with E-state index < -0.39 is 12.5 Å². The quantitative estimate of drug-likeness (QED) is 0.789. The van der Waals surface area contributed by atoms with E-state index in [0.717, 1.165) is 4.68 Å². The van der Waals surface area contributed by atoms with E-state index in [1.165, 1.54) is 31.3 Å². The van der Waals surface area contributed by atoms with Crippen LogP contribution in [0.15, 0.2) is 53.3 Å². The van der Waals surface area contributed by atoms with Gasteiger partial charge in [-0.1, -0.05) is 18.2 Å². The van der Waals surface area contributed by atoms with Crippen molar-refractivity contribution in [3.8, 4) is 5.75 Å². The number of ether oxygens (including phenoxy) is 1. The number of alkyl halides is 2. The molecule has 0 bridgehead atoms. The van der Waals surface area contributed by atoms with Crippen molar-refractivity contribution in [1.29, 1.82) is 0 Å². The Kier molecular flexibility index (Phi) is 4.42. The zero-order valence-corrected chi connectivity index (χ0v) is 13.1. The van der Waals surface area contributed by atoms with Crippen LogP contribution in [0.5, 0.6) is 5.75 Å². The summed E-state index contributed by atoms with van der Waals surface area (Å²) in [6.07, 6.45) is 0. The van der Waals surface area contributed by atoms with Gasteiger partial charge < -0.3 is 10.1 Å². The third-order valence-corrected chi connectivity index (χ3v) is 3.51. The standard InChI is InChI=1S/C17H13F2N3O3/c1-22-16(24)13-5-3-2-4-12(13)14(21-22)15(23)20-10-6-8-11(9-7-10)25-17(18)19/h2-9,17H,1H3,(H,20,23). The number of fused-ring (bicyclic) bond motifs is 1. The number of aromatic nitrogens is 2. The molecule has 0 atom stereocenters. The lowest BCUT2D eigenvalue weighted by Crippen LogP contribution is -2.25. The van der Waals surface area contributed by atoms with Crippen molar-refractivity contribution in [1.82, 2.24) is 9.78 Å². The van der Waals surface area contributed by atoms with Crippen LogP contribution in [0.25, 0.3) is 10.8 Å². The zero-order valence-electron chi connectivity index (χ0n) is 13.1. The van der Waals surface area contributed by atoms with E-state index in [2.05, 4.69) is 15.2 Å². The van der Waals surface area contributed by atoms with Crippen LogP contribution >= 0.6 is 0 Å². The molecule has 0 radical (unpaired) electrons. The van der Waals surface area contributed by atoms with Crippen LogP contribution in [0.4, 0.5) is 14.5 Å². The van der Waals surface area contributed by atoms with Gasteiger partial charge >= 0.3 is 6.61 Å². The Labute approximate surface area is 140 Å². The number of carbonyl (C=O) groups excluding carboxylic acids is 1. The molecule has 3 rings (SSSR count). The molecule has 0 saturated heterocycles. The second-order valence-electron chi connectivity index (χ2n) is 5.18. The summed E-state index contributed by atoms with van der Waals surface area (Å²) in [5.74, 6) is -0.534. The summed E-state index contributed by atoms with van der Waals surface area (Å²) in [5, 5.41) is 7.45. The van der Waals surface area contributed by atoms with Gasteiger partial charge in [-0.15, -0.1) is 0 Å². The van der Waals surface area contributed by atoms with Crippen molar-refractivity contribution in [2.75, 3.05) is 5.32 Å². The molecule has 25 heavy (non-hydrogen) atoms. The second kappa shape index (κ2) is 6.68. The summed E-state index contributed by atoms with van der Waals surface area (Å²) in [7, 11) is 1.46. The van der Waals surface area contributed by atoms with E-state index in [0.29, 0.717) is 16.5 Å². The van der Waals surface area contributed by atoms with Gasteiger partial charge in [-0.2, -0.15) is 13.9 Å². The minimum atomic E-state index is -2.92. The highest BCUT2D eigenvalue weighted by Crippen LogP contribution is 2.19. The molecule has 0 saturated carbocycles. The molecular formula is C17H13F2N3O3. The maximum absolute atomic E-state index is 12.5. The fourth-order valence-electron chi connectivity index (χ4n) is 2.38. The van der Waals surface area contributed by atoms with Crippen molar-refractivity contribution >= 4 is 22.4 Å². The SMILES string of the molecule is Cn1nc(C(=O)Nc2ccc(OC(F)F)cc2)c2ccccc2c1=O. The predicted octanol–water partition coefficient (Wildman–Crippen LogP) is 2.79. The summed E-state index contributed by atoms with van der Waals surface area (Å²) < 4.78 is 29.6. The lowest BCUT2D eigenvalue weighted by molar-refractivity contribution is -0.0498. The summed E-state index contributed by atoms with van der Waals surface area (Å²) >= 11 is 0. The number of hydrogen-bond donors (Lipinski definition) is 1. The Bertz CT molecular complexity index is 985. The molecular weight excluding hydrogens is 332 g/mol. The molecule has 2 aromatic carbocycles. The molecule has 1 amide bonds. The number of carbonyl (C=O) groups is 1. The molecule has 0 fully saturated rings. The number of halogens is 2. The zero-order chi connectivity index (χ0) is 18.0. The van der Waals surface area contributed by atoms with Gasteiger partial charge in [0.15, 0.2) is 5.69 Å². The molecule has 0 spiro atoms. The molecule has 0 aliphatic heterocycles. The predicted molar refractivity (Wildman–Crippen MR) is 88.0 cm³/mol. The van der Waals surface area contributed by atoms with E-state index in [1.807, 2.05) is 0 Å². The van der Waals surface area contributed by atoms with Crippen LogP contribution < -0.4 is 15.6 Å². The lowest BCUT2D eigenvalue weighted by Gasteiger charge is -2.10. The van der Waals surface area contributed by atoms with E-state index >= 15 is 0 Å². The molecule has 3 aromatic rings. The van der Waals surface area contributed by atoms with Gasteiger partial charge in [0.2, 0.25) is 0 Å². The first kappa shape index (κ1) is 16.6. The summed E-state index contributed by atoms with van der Waals surface area (Å²) in [6.45, 7) is -2.92. The van der Waals surface area contributed by atoms with Crippen molar-refractivity contribution in [2.45, 2.75) is 6.61 Å². The summed E-state index contributed by atoms with van der Waals surface area (Å²) in [5.41, 5.74) is 0.164. The highest BCUT2D eigenvalue weighted by Gasteiger charge is 2.15. The molecule has 1 heterocycles. The topological polar surface area (TPSA) is 73.2 Å².